The molecule has 0 spiro atoms. The van der Waals surface area contributed by atoms with Crippen LogP contribution >= 0.6 is 0 Å². The zero-order valence-electron chi connectivity index (χ0n) is 54.4. The minimum atomic E-state index is -0.797. The van der Waals surface area contributed by atoms with E-state index >= 15 is 0 Å². The third-order valence-corrected chi connectivity index (χ3v) is 14.9. The van der Waals surface area contributed by atoms with Crippen molar-refractivity contribution in [1.29, 1.82) is 0 Å². The number of carbonyl (C=O) groups excluding carboxylic acids is 3. The quantitative estimate of drug-likeness (QED) is 0.0261. The van der Waals surface area contributed by atoms with Crippen LogP contribution in [0.5, 0.6) is 0 Å². The SMILES string of the molecule is CC/C=C\C/C=C\C/C=C\C/C=C\CCCCCCCCCCCCCCCCCCCCCCCCC(=O)OCC(COC(=O)CCCCC/C=C\C/C=C\C/C=C\CC)OC(=O)CCCCCCCCC/C=C\C/C=C\C/C=C\CC. The van der Waals surface area contributed by atoms with Crippen molar-refractivity contribution in [2.45, 2.75) is 335 Å². The zero-order valence-corrected chi connectivity index (χ0v) is 54.4. The van der Waals surface area contributed by atoms with Gasteiger partial charge in [-0.2, -0.15) is 0 Å². The minimum absolute atomic E-state index is 0.0901. The molecule has 0 aromatic carbocycles. The van der Waals surface area contributed by atoms with Crippen LogP contribution in [-0.2, 0) is 28.6 Å². The van der Waals surface area contributed by atoms with Crippen molar-refractivity contribution in [2.24, 2.45) is 0 Å². The summed E-state index contributed by atoms with van der Waals surface area (Å²) in [5, 5.41) is 0. The molecule has 6 nitrogen and oxygen atoms in total. The van der Waals surface area contributed by atoms with Crippen LogP contribution in [0.1, 0.15) is 329 Å². The molecule has 0 saturated carbocycles. The van der Waals surface area contributed by atoms with Gasteiger partial charge in [-0.05, 0) is 122 Å². The summed E-state index contributed by atoms with van der Waals surface area (Å²) >= 11 is 0. The van der Waals surface area contributed by atoms with Crippen LogP contribution in [0.25, 0.3) is 0 Å². The number of carbonyl (C=O) groups is 3. The average Bonchev–Trinajstić information content (AvgIpc) is 3.49. The monoisotopic (exact) mass is 1150 g/mol. The Morgan fingerprint density at radius 1 is 0.241 bits per heavy atom. The van der Waals surface area contributed by atoms with Crippen LogP contribution in [0.4, 0.5) is 0 Å². The molecule has 1 atom stereocenters. The maximum Gasteiger partial charge on any atom is 0.306 e. The van der Waals surface area contributed by atoms with Crippen LogP contribution in [-0.4, -0.2) is 37.2 Å². The van der Waals surface area contributed by atoms with Crippen molar-refractivity contribution in [2.75, 3.05) is 13.2 Å². The third kappa shape index (κ3) is 68.5. The van der Waals surface area contributed by atoms with Gasteiger partial charge in [0.15, 0.2) is 6.10 Å². The summed E-state index contributed by atoms with van der Waals surface area (Å²) in [5.74, 6) is -0.920. The van der Waals surface area contributed by atoms with E-state index < -0.39 is 6.10 Å². The molecule has 0 radical (unpaired) electrons. The first kappa shape index (κ1) is 78.8. The highest BCUT2D eigenvalue weighted by molar-refractivity contribution is 5.71. The molecule has 0 bridgehead atoms. The summed E-state index contributed by atoms with van der Waals surface area (Å²) in [6.45, 7) is 6.30. The van der Waals surface area contributed by atoms with Gasteiger partial charge in [-0.25, -0.2) is 0 Å². The molecule has 0 rings (SSSR count). The second kappa shape index (κ2) is 70.3. The number of rotatable bonds is 63. The molecule has 6 heteroatoms. The fraction of sp³-hybridized carbons (Fsp3) is 0.701. The van der Waals surface area contributed by atoms with Crippen molar-refractivity contribution in [1.82, 2.24) is 0 Å². The molecule has 0 aromatic heterocycles. The molecular weight excluding hydrogens is 1020 g/mol. The predicted molar refractivity (Wildman–Crippen MR) is 362 cm³/mol. The van der Waals surface area contributed by atoms with Gasteiger partial charge in [-0.3, -0.25) is 14.4 Å². The van der Waals surface area contributed by atoms with Gasteiger partial charge in [-0.1, -0.05) is 309 Å². The second-order valence-corrected chi connectivity index (χ2v) is 23.0. The Morgan fingerprint density at radius 2 is 0.434 bits per heavy atom. The van der Waals surface area contributed by atoms with E-state index in [-0.39, 0.29) is 31.1 Å². The van der Waals surface area contributed by atoms with Crippen molar-refractivity contribution in [3.8, 4) is 0 Å². The molecule has 83 heavy (non-hydrogen) atoms. The van der Waals surface area contributed by atoms with E-state index in [0.717, 1.165) is 135 Å². The van der Waals surface area contributed by atoms with Gasteiger partial charge in [0.2, 0.25) is 0 Å². The number of allylic oxidation sites excluding steroid dienone is 20. The highest BCUT2D eigenvalue weighted by Gasteiger charge is 2.19. The minimum Gasteiger partial charge on any atom is -0.462 e. The Balaban J connectivity index is 4.14. The number of hydrogen-bond acceptors (Lipinski definition) is 6. The largest absolute Gasteiger partial charge is 0.462 e. The summed E-state index contributed by atoms with van der Waals surface area (Å²) < 4.78 is 16.9. The number of unbranched alkanes of at least 4 members (excludes halogenated alkanes) is 32. The molecule has 0 N–H and O–H groups in total. The normalized spacial score (nSPS) is 12.9. The maximum absolute atomic E-state index is 12.9. The van der Waals surface area contributed by atoms with Gasteiger partial charge in [0.1, 0.15) is 13.2 Å². The molecule has 0 heterocycles. The first-order valence-electron chi connectivity index (χ1n) is 35.0. The number of hydrogen-bond donors (Lipinski definition) is 0. The van der Waals surface area contributed by atoms with Crippen LogP contribution < -0.4 is 0 Å². The summed E-state index contributed by atoms with van der Waals surface area (Å²) in [5.41, 5.74) is 0. The van der Waals surface area contributed by atoms with E-state index in [1.807, 2.05) is 0 Å². The van der Waals surface area contributed by atoms with E-state index in [1.165, 1.54) is 154 Å². The Hall–Kier alpha value is -4.19. The van der Waals surface area contributed by atoms with E-state index in [9.17, 15) is 14.4 Å². The molecule has 1 unspecified atom stereocenters. The van der Waals surface area contributed by atoms with Gasteiger partial charge >= 0.3 is 17.9 Å². The third-order valence-electron chi connectivity index (χ3n) is 14.9. The topological polar surface area (TPSA) is 78.9 Å². The highest BCUT2D eigenvalue weighted by atomic mass is 16.6. The molecule has 0 aliphatic heterocycles. The van der Waals surface area contributed by atoms with Crippen molar-refractivity contribution in [3.63, 3.8) is 0 Å². The Kier molecular flexibility index (Phi) is 66.7. The molecule has 0 aromatic rings. The van der Waals surface area contributed by atoms with E-state index in [2.05, 4.69) is 142 Å². The van der Waals surface area contributed by atoms with Crippen LogP contribution in [0.3, 0.4) is 0 Å². The summed E-state index contributed by atoms with van der Waals surface area (Å²) in [6.07, 6.45) is 98.2. The highest BCUT2D eigenvalue weighted by Crippen LogP contribution is 2.17. The van der Waals surface area contributed by atoms with E-state index in [0.29, 0.717) is 19.3 Å². The molecule has 0 aliphatic rings. The van der Waals surface area contributed by atoms with Gasteiger partial charge in [-0.15, -0.1) is 0 Å². The van der Waals surface area contributed by atoms with E-state index in [1.54, 1.807) is 0 Å². The lowest BCUT2D eigenvalue weighted by molar-refractivity contribution is -0.167. The van der Waals surface area contributed by atoms with Gasteiger partial charge in [0.05, 0.1) is 0 Å². The molecular formula is C77H130O6. The van der Waals surface area contributed by atoms with Crippen molar-refractivity contribution >= 4 is 17.9 Å². The van der Waals surface area contributed by atoms with Crippen molar-refractivity contribution in [3.05, 3.63) is 122 Å². The first-order chi connectivity index (χ1) is 41.0. The summed E-state index contributed by atoms with van der Waals surface area (Å²) in [4.78, 5) is 38.3. The van der Waals surface area contributed by atoms with Crippen LogP contribution in [0, 0.1) is 0 Å². The van der Waals surface area contributed by atoms with Crippen LogP contribution in [0.15, 0.2) is 122 Å². The average molecular weight is 1150 g/mol. The molecule has 0 amide bonds. The van der Waals surface area contributed by atoms with Gasteiger partial charge < -0.3 is 14.2 Å². The second-order valence-electron chi connectivity index (χ2n) is 23.0. The Morgan fingerprint density at radius 3 is 0.687 bits per heavy atom. The number of esters is 3. The molecule has 0 aliphatic carbocycles. The van der Waals surface area contributed by atoms with Gasteiger partial charge in [0, 0.05) is 19.3 Å². The Labute approximate surface area is 513 Å². The van der Waals surface area contributed by atoms with Crippen molar-refractivity contribution < 1.29 is 28.6 Å². The van der Waals surface area contributed by atoms with Crippen LogP contribution in [0.2, 0.25) is 0 Å². The molecule has 0 fully saturated rings. The summed E-state index contributed by atoms with van der Waals surface area (Å²) in [7, 11) is 0. The molecule has 474 valence electrons. The number of ether oxygens (including phenoxy) is 3. The molecule has 0 saturated heterocycles. The predicted octanol–water partition coefficient (Wildman–Crippen LogP) is 24.3. The lowest BCUT2D eigenvalue weighted by atomic mass is 10.0. The standard InChI is InChI=1S/C77H130O6/c1-4-7-10-13-16-19-22-25-27-29-30-31-32-33-34-35-36-37-38-39-40-41-42-43-44-45-46-48-49-52-55-58-61-64-67-70-76(79)82-73-74(72-81-75(78)69-66-63-60-57-54-51-24-21-18-15-12-9-6-3)83-77(80)71-68-65-62-59-56-53-50-47-28-26-23-20-17-14-11-8-5-2/h7-12,16-21,25-28,30-31,51,54,74H,4-6,13-15,22-24,29,32-50,52-53,55-73H2,1-3H3/b10-7-,11-8-,12-9-,19-16-,20-17-,21-18-,27-25-,28-26-,31-30-,54-51-. The Bertz CT molecular complexity index is 1700. The zero-order chi connectivity index (χ0) is 59.9. The lowest BCUT2D eigenvalue weighted by Gasteiger charge is -2.18. The smallest absolute Gasteiger partial charge is 0.306 e. The summed E-state index contributed by atoms with van der Waals surface area (Å²) in [6, 6.07) is 0. The van der Waals surface area contributed by atoms with E-state index in [4.69, 9.17) is 14.2 Å². The van der Waals surface area contributed by atoms with Gasteiger partial charge in [0.25, 0.3) is 0 Å². The first-order valence-corrected chi connectivity index (χ1v) is 35.0. The lowest BCUT2D eigenvalue weighted by Crippen LogP contribution is -2.30. The fourth-order valence-corrected chi connectivity index (χ4v) is 9.82. The maximum atomic E-state index is 12.9. The fourth-order valence-electron chi connectivity index (χ4n) is 9.82.